The van der Waals surface area contributed by atoms with E-state index in [0.29, 0.717) is 36.5 Å². The smallest absolute Gasteiger partial charge is 0.303 e. The number of carbonyl (C=O) groups is 1. The summed E-state index contributed by atoms with van der Waals surface area (Å²) in [6.07, 6.45) is 7.26. The molecule has 1 aliphatic carbocycles. The van der Waals surface area contributed by atoms with Crippen molar-refractivity contribution >= 4 is 17.6 Å². The number of aliphatic hydroxyl groups excluding tert-OH is 3. The topological polar surface area (TPSA) is 107 Å². The second kappa shape index (κ2) is 12.0. The van der Waals surface area contributed by atoms with Crippen molar-refractivity contribution in [2.75, 3.05) is 6.61 Å². The van der Waals surface area contributed by atoms with Crippen molar-refractivity contribution in [1.82, 2.24) is 0 Å². The van der Waals surface area contributed by atoms with E-state index in [0.717, 1.165) is 0 Å². The standard InChI is InChI=1S/C22H29ClO6/c23-15-6-5-7-17(12-15)29-14-16(24)10-11-19-18(20(25)13-21(19)26)8-3-1-2-4-9-22(27)28/h1,3,5-7,10-12,16,18-21,24-26H,2,4,8-9,13-14H2,(H,27,28)/b3-1+,11-10+. The summed E-state index contributed by atoms with van der Waals surface area (Å²) >= 11 is 5.90. The van der Waals surface area contributed by atoms with Gasteiger partial charge in [-0.25, -0.2) is 0 Å². The Bertz CT molecular complexity index is 704. The van der Waals surface area contributed by atoms with Crippen LogP contribution in [0.2, 0.25) is 5.02 Å². The van der Waals surface area contributed by atoms with Crippen molar-refractivity contribution in [2.24, 2.45) is 11.8 Å². The minimum atomic E-state index is -0.855. The molecule has 0 amide bonds. The number of rotatable bonds is 11. The van der Waals surface area contributed by atoms with E-state index in [-0.39, 0.29) is 24.9 Å². The van der Waals surface area contributed by atoms with Crippen LogP contribution in [0.3, 0.4) is 0 Å². The first kappa shape index (κ1) is 23.4. The fourth-order valence-electron chi connectivity index (χ4n) is 3.50. The third kappa shape index (κ3) is 8.19. The highest BCUT2D eigenvalue weighted by molar-refractivity contribution is 6.30. The molecule has 0 aliphatic heterocycles. The molecule has 7 heteroatoms. The molecule has 160 valence electrons. The maximum Gasteiger partial charge on any atom is 0.303 e. The van der Waals surface area contributed by atoms with E-state index in [1.54, 1.807) is 36.4 Å². The monoisotopic (exact) mass is 424 g/mol. The number of carboxylic acids is 1. The van der Waals surface area contributed by atoms with Crippen LogP contribution in [0.1, 0.15) is 32.1 Å². The van der Waals surface area contributed by atoms with Crippen LogP contribution in [0, 0.1) is 11.8 Å². The quantitative estimate of drug-likeness (QED) is 0.321. The van der Waals surface area contributed by atoms with E-state index in [2.05, 4.69) is 0 Å². The number of hydrogen-bond donors (Lipinski definition) is 4. The number of carboxylic acid groups (broad SMARTS) is 1. The molecule has 1 aromatic carbocycles. The van der Waals surface area contributed by atoms with Crippen LogP contribution in [0.25, 0.3) is 0 Å². The molecule has 29 heavy (non-hydrogen) atoms. The van der Waals surface area contributed by atoms with Gasteiger partial charge in [0.25, 0.3) is 0 Å². The van der Waals surface area contributed by atoms with E-state index in [1.165, 1.54) is 0 Å². The second-order valence-electron chi connectivity index (χ2n) is 7.33. The van der Waals surface area contributed by atoms with Crippen molar-refractivity contribution in [1.29, 1.82) is 0 Å². The lowest BCUT2D eigenvalue weighted by Gasteiger charge is -2.19. The van der Waals surface area contributed by atoms with Gasteiger partial charge in [-0.1, -0.05) is 42.0 Å². The molecular formula is C22H29ClO6. The molecule has 5 unspecified atom stereocenters. The molecule has 0 aromatic heterocycles. The van der Waals surface area contributed by atoms with Gasteiger partial charge in [0.15, 0.2) is 0 Å². The molecule has 1 saturated carbocycles. The molecule has 6 nitrogen and oxygen atoms in total. The van der Waals surface area contributed by atoms with Crippen LogP contribution in [0.5, 0.6) is 5.75 Å². The first-order valence-corrected chi connectivity index (χ1v) is 10.2. The highest BCUT2D eigenvalue weighted by atomic mass is 35.5. The average molecular weight is 425 g/mol. The molecule has 0 heterocycles. The summed E-state index contributed by atoms with van der Waals surface area (Å²) in [4.78, 5) is 10.5. The third-order valence-electron chi connectivity index (χ3n) is 5.02. The number of halogens is 1. The Kier molecular flexibility index (Phi) is 9.67. The highest BCUT2D eigenvalue weighted by Crippen LogP contribution is 2.36. The van der Waals surface area contributed by atoms with E-state index in [9.17, 15) is 20.1 Å². The van der Waals surface area contributed by atoms with Gasteiger partial charge in [-0.05, 0) is 43.4 Å². The molecule has 5 atom stereocenters. The minimum Gasteiger partial charge on any atom is -0.491 e. The Morgan fingerprint density at radius 2 is 2.07 bits per heavy atom. The van der Waals surface area contributed by atoms with E-state index >= 15 is 0 Å². The summed E-state index contributed by atoms with van der Waals surface area (Å²) < 4.78 is 5.51. The van der Waals surface area contributed by atoms with Crippen LogP contribution >= 0.6 is 11.6 Å². The summed E-state index contributed by atoms with van der Waals surface area (Å²) in [5, 5.41) is 39.8. The first-order chi connectivity index (χ1) is 13.9. The van der Waals surface area contributed by atoms with Crippen molar-refractivity contribution in [2.45, 2.75) is 50.4 Å². The van der Waals surface area contributed by atoms with Crippen LogP contribution < -0.4 is 4.74 Å². The number of ether oxygens (including phenoxy) is 1. The molecular weight excluding hydrogens is 396 g/mol. The number of aliphatic carboxylic acids is 1. The molecule has 0 bridgehead atoms. The van der Waals surface area contributed by atoms with Gasteiger partial charge >= 0.3 is 5.97 Å². The van der Waals surface area contributed by atoms with Gasteiger partial charge in [-0.3, -0.25) is 4.79 Å². The van der Waals surface area contributed by atoms with Crippen LogP contribution in [0.15, 0.2) is 48.6 Å². The maximum absolute atomic E-state index is 10.5. The predicted molar refractivity (Wildman–Crippen MR) is 111 cm³/mol. The van der Waals surface area contributed by atoms with E-state index in [1.807, 2.05) is 12.2 Å². The van der Waals surface area contributed by atoms with Crippen molar-refractivity contribution in [3.05, 3.63) is 53.6 Å². The largest absolute Gasteiger partial charge is 0.491 e. The molecule has 4 N–H and O–H groups in total. The molecule has 1 aliphatic rings. The Morgan fingerprint density at radius 3 is 2.79 bits per heavy atom. The van der Waals surface area contributed by atoms with Crippen molar-refractivity contribution in [3.63, 3.8) is 0 Å². The zero-order valence-corrected chi connectivity index (χ0v) is 17.0. The molecule has 2 rings (SSSR count). The normalized spacial score (nSPS) is 25.7. The summed E-state index contributed by atoms with van der Waals surface area (Å²) in [5.74, 6) is -0.671. The molecule has 1 fully saturated rings. The second-order valence-corrected chi connectivity index (χ2v) is 7.76. The van der Waals surface area contributed by atoms with Crippen molar-refractivity contribution in [3.8, 4) is 5.75 Å². The summed E-state index contributed by atoms with van der Waals surface area (Å²) in [6, 6.07) is 6.90. The zero-order valence-electron chi connectivity index (χ0n) is 16.2. The minimum absolute atomic E-state index is 0.0519. The Labute approximate surface area is 176 Å². The lowest BCUT2D eigenvalue weighted by atomic mass is 9.89. The van der Waals surface area contributed by atoms with Gasteiger partial charge in [0.2, 0.25) is 0 Å². The Balaban J connectivity index is 1.83. The van der Waals surface area contributed by atoms with Crippen LogP contribution in [-0.2, 0) is 4.79 Å². The summed E-state index contributed by atoms with van der Waals surface area (Å²) in [6.45, 7) is 0.0519. The fourth-order valence-corrected chi connectivity index (χ4v) is 3.68. The summed E-state index contributed by atoms with van der Waals surface area (Å²) in [5.41, 5.74) is 0. The SMILES string of the molecule is O=C(O)CCC/C=C/CC1C(O)CC(O)C1/C=C/C(O)COc1cccc(Cl)c1. The molecule has 0 saturated heterocycles. The molecule has 0 radical (unpaired) electrons. The van der Waals surface area contributed by atoms with Crippen molar-refractivity contribution < 1.29 is 30.0 Å². The van der Waals surface area contributed by atoms with Gasteiger partial charge in [0.1, 0.15) is 18.5 Å². The van der Waals surface area contributed by atoms with E-state index in [4.69, 9.17) is 21.4 Å². The number of allylic oxidation sites excluding steroid dienone is 2. The number of hydrogen-bond acceptors (Lipinski definition) is 5. The molecule has 0 spiro atoms. The fraction of sp³-hybridized carbons (Fsp3) is 0.500. The van der Waals surface area contributed by atoms with E-state index < -0.39 is 24.3 Å². The maximum atomic E-state index is 10.5. The third-order valence-corrected chi connectivity index (χ3v) is 5.26. The lowest BCUT2D eigenvalue weighted by molar-refractivity contribution is -0.137. The average Bonchev–Trinajstić information content (AvgIpc) is 2.93. The van der Waals surface area contributed by atoms with Crippen LogP contribution in [-0.4, -0.2) is 51.3 Å². The zero-order chi connectivity index (χ0) is 21.2. The highest BCUT2D eigenvalue weighted by Gasteiger charge is 2.39. The number of benzene rings is 1. The number of unbranched alkanes of at least 4 members (excludes halogenated alkanes) is 1. The van der Waals surface area contributed by atoms with Gasteiger partial charge < -0.3 is 25.2 Å². The first-order valence-electron chi connectivity index (χ1n) is 9.84. The number of aliphatic hydroxyl groups is 3. The van der Waals surface area contributed by atoms with Gasteiger partial charge in [0, 0.05) is 23.8 Å². The Hall–Kier alpha value is -1.86. The van der Waals surface area contributed by atoms with Gasteiger partial charge in [0.05, 0.1) is 12.2 Å². The Morgan fingerprint density at radius 1 is 1.28 bits per heavy atom. The van der Waals surface area contributed by atoms with Gasteiger partial charge in [-0.2, -0.15) is 0 Å². The van der Waals surface area contributed by atoms with Crippen LogP contribution in [0.4, 0.5) is 0 Å². The molecule has 1 aromatic rings. The predicted octanol–water partition coefficient (Wildman–Crippen LogP) is 3.20. The summed E-state index contributed by atoms with van der Waals surface area (Å²) in [7, 11) is 0. The van der Waals surface area contributed by atoms with Gasteiger partial charge in [-0.15, -0.1) is 0 Å². The lowest BCUT2D eigenvalue weighted by Crippen LogP contribution is -2.21.